The summed E-state index contributed by atoms with van der Waals surface area (Å²) in [6.45, 7) is 4.17. The van der Waals surface area contributed by atoms with Crippen LogP contribution in [0.3, 0.4) is 0 Å². The molecule has 0 saturated carbocycles. The Morgan fingerprint density at radius 1 is 1.35 bits per heavy atom. The van der Waals surface area contributed by atoms with Crippen LogP contribution in [0.2, 0.25) is 0 Å². The number of carbonyl (C=O) groups is 2. The first-order chi connectivity index (χ1) is 8.07. The number of amides is 2. The fourth-order valence-corrected chi connectivity index (χ4v) is 1.12. The van der Waals surface area contributed by atoms with Crippen molar-refractivity contribution < 1.29 is 19.4 Å². The van der Waals surface area contributed by atoms with Crippen LogP contribution in [0.5, 0.6) is 0 Å². The summed E-state index contributed by atoms with van der Waals surface area (Å²) in [5, 5.41) is 11.2. The van der Waals surface area contributed by atoms with Gasteiger partial charge in [-0.25, -0.2) is 4.79 Å². The molecule has 17 heavy (non-hydrogen) atoms. The van der Waals surface area contributed by atoms with Gasteiger partial charge in [0.15, 0.2) is 0 Å². The third kappa shape index (κ3) is 9.62. The molecule has 2 N–H and O–H groups in total. The molecule has 2 amide bonds. The standard InChI is InChI=1S/C11H22N2O4/c1-3-8-17-9-4-6-12-11(16)13(2)7-5-10(14)15/h3-9H2,1-2H3,(H,12,16)(H,14,15). The number of hydrogen-bond acceptors (Lipinski definition) is 3. The highest BCUT2D eigenvalue weighted by Crippen LogP contribution is 1.90. The molecular formula is C11H22N2O4. The minimum atomic E-state index is -0.905. The largest absolute Gasteiger partial charge is 0.481 e. The highest BCUT2D eigenvalue weighted by Gasteiger charge is 2.08. The predicted molar refractivity (Wildman–Crippen MR) is 64.0 cm³/mol. The third-order valence-electron chi connectivity index (χ3n) is 2.10. The molecular weight excluding hydrogens is 224 g/mol. The number of hydrogen-bond donors (Lipinski definition) is 2. The van der Waals surface area contributed by atoms with Crippen molar-refractivity contribution >= 4 is 12.0 Å². The molecule has 0 aliphatic heterocycles. The van der Waals surface area contributed by atoms with Crippen LogP contribution in [0.15, 0.2) is 0 Å². The monoisotopic (exact) mass is 246 g/mol. The van der Waals surface area contributed by atoms with Crippen molar-refractivity contribution in [3.63, 3.8) is 0 Å². The molecule has 0 fully saturated rings. The molecule has 0 aliphatic carbocycles. The number of ether oxygens (including phenoxy) is 1. The Kier molecular flexibility index (Phi) is 9.14. The number of rotatable bonds is 9. The van der Waals surface area contributed by atoms with Gasteiger partial charge in [0.05, 0.1) is 6.42 Å². The van der Waals surface area contributed by atoms with E-state index in [2.05, 4.69) is 5.32 Å². The second kappa shape index (κ2) is 9.89. The zero-order valence-corrected chi connectivity index (χ0v) is 10.6. The number of carboxylic acid groups (broad SMARTS) is 1. The van der Waals surface area contributed by atoms with Gasteiger partial charge in [-0.3, -0.25) is 4.79 Å². The van der Waals surface area contributed by atoms with Gasteiger partial charge in [-0.15, -0.1) is 0 Å². The van der Waals surface area contributed by atoms with Gasteiger partial charge in [-0.2, -0.15) is 0 Å². The van der Waals surface area contributed by atoms with Crippen molar-refractivity contribution in [2.75, 3.05) is 33.4 Å². The van der Waals surface area contributed by atoms with Gasteiger partial charge in [0.2, 0.25) is 0 Å². The van der Waals surface area contributed by atoms with E-state index >= 15 is 0 Å². The number of nitrogens with one attached hydrogen (secondary N) is 1. The number of nitrogens with zero attached hydrogens (tertiary/aromatic N) is 1. The minimum Gasteiger partial charge on any atom is -0.481 e. The molecule has 100 valence electrons. The van der Waals surface area contributed by atoms with E-state index in [4.69, 9.17) is 9.84 Å². The van der Waals surface area contributed by atoms with Crippen LogP contribution >= 0.6 is 0 Å². The molecule has 0 aromatic heterocycles. The van der Waals surface area contributed by atoms with Gasteiger partial charge in [0.1, 0.15) is 0 Å². The Morgan fingerprint density at radius 2 is 2.06 bits per heavy atom. The maximum absolute atomic E-state index is 11.4. The van der Waals surface area contributed by atoms with Crippen LogP contribution in [0, 0.1) is 0 Å². The quantitative estimate of drug-likeness (QED) is 0.593. The fraction of sp³-hybridized carbons (Fsp3) is 0.818. The lowest BCUT2D eigenvalue weighted by atomic mass is 10.4. The summed E-state index contributed by atoms with van der Waals surface area (Å²) in [6, 6.07) is -0.248. The van der Waals surface area contributed by atoms with Crippen molar-refractivity contribution in [2.24, 2.45) is 0 Å². The molecule has 0 unspecified atom stereocenters. The van der Waals surface area contributed by atoms with Gasteiger partial charge >= 0.3 is 12.0 Å². The van der Waals surface area contributed by atoms with E-state index in [1.165, 1.54) is 4.90 Å². The van der Waals surface area contributed by atoms with Crippen molar-refractivity contribution in [1.82, 2.24) is 10.2 Å². The van der Waals surface area contributed by atoms with Crippen LogP contribution in [-0.2, 0) is 9.53 Å². The third-order valence-corrected chi connectivity index (χ3v) is 2.10. The van der Waals surface area contributed by atoms with Crippen LogP contribution in [-0.4, -0.2) is 55.4 Å². The summed E-state index contributed by atoms with van der Waals surface area (Å²) in [7, 11) is 1.58. The van der Waals surface area contributed by atoms with E-state index in [-0.39, 0.29) is 19.0 Å². The van der Waals surface area contributed by atoms with Gasteiger partial charge in [-0.1, -0.05) is 6.92 Å². The fourth-order valence-electron chi connectivity index (χ4n) is 1.12. The van der Waals surface area contributed by atoms with Gasteiger partial charge in [0, 0.05) is 33.4 Å². The van der Waals surface area contributed by atoms with Crippen LogP contribution < -0.4 is 5.32 Å². The van der Waals surface area contributed by atoms with E-state index in [0.717, 1.165) is 19.4 Å². The van der Waals surface area contributed by atoms with Gasteiger partial charge in [-0.05, 0) is 12.8 Å². The molecule has 0 radical (unpaired) electrons. The lowest BCUT2D eigenvalue weighted by Gasteiger charge is -2.16. The normalized spacial score (nSPS) is 10.0. The lowest BCUT2D eigenvalue weighted by molar-refractivity contribution is -0.137. The molecule has 0 aromatic rings. The number of aliphatic carboxylic acids is 1. The van der Waals surface area contributed by atoms with Crippen molar-refractivity contribution in [1.29, 1.82) is 0 Å². The number of urea groups is 1. The average molecular weight is 246 g/mol. The molecule has 0 rings (SSSR count). The Hall–Kier alpha value is -1.30. The zero-order chi connectivity index (χ0) is 13.1. The summed E-state index contributed by atoms with van der Waals surface area (Å²) in [4.78, 5) is 23.1. The van der Waals surface area contributed by atoms with Crippen molar-refractivity contribution in [3.05, 3.63) is 0 Å². The lowest BCUT2D eigenvalue weighted by Crippen LogP contribution is -2.39. The first-order valence-electron chi connectivity index (χ1n) is 5.86. The topological polar surface area (TPSA) is 78.9 Å². The zero-order valence-electron chi connectivity index (χ0n) is 10.6. The smallest absolute Gasteiger partial charge is 0.317 e. The summed E-state index contributed by atoms with van der Waals surface area (Å²) < 4.78 is 5.26. The van der Waals surface area contributed by atoms with E-state index in [9.17, 15) is 9.59 Å². The molecule has 0 saturated heterocycles. The Morgan fingerprint density at radius 3 is 2.65 bits per heavy atom. The Labute approximate surface area is 102 Å². The van der Waals surface area contributed by atoms with E-state index in [0.29, 0.717) is 13.2 Å². The predicted octanol–water partition coefficient (Wildman–Crippen LogP) is 0.919. The second-order valence-corrected chi connectivity index (χ2v) is 3.76. The summed E-state index contributed by atoms with van der Waals surface area (Å²) in [5.41, 5.74) is 0. The molecule has 0 aromatic carbocycles. The van der Waals surface area contributed by atoms with E-state index in [1.54, 1.807) is 7.05 Å². The molecule has 0 spiro atoms. The minimum absolute atomic E-state index is 0.0382. The molecule has 6 heteroatoms. The maximum Gasteiger partial charge on any atom is 0.317 e. The highest BCUT2D eigenvalue weighted by atomic mass is 16.5. The van der Waals surface area contributed by atoms with Crippen LogP contribution in [0.1, 0.15) is 26.2 Å². The van der Waals surface area contributed by atoms with E-state index in [1.807, 2.05) is 6.92 Å². The second-order valence-electron chi connectivity index (χ2n) is 3.76. The van der Waals surface area contributed by atoms with Crippen molar-refractivity contribution in [2.45, 2.75) is 26.2 Å². The number of carboxylic acids is 1. The summed E-state index contributed by atoms with van der Waals surface area (Å²) in [5.74, 6) is -0.905. The summed E-state index contributed by atoms with van der Waals surface area (Å²) >= 11 is 0. The Balaban J connectivity index is 3.47. The molecule has 0 heterocycles. The molecule has 0 bridgehead atoms. The summed E-state index contributed by atoms with van der Waals surface area (Å²) in [6.07, 6.45) is 1.71. The first-order valence-corrected chi connectivity index (χ1v) is 5.86. The van der Waals surface area contributed by atoms with Crippen LogP contribution in [0.4, 0.5) is 4.79 Å². The maximum atomic E-state index is 11.4. The molecule has 6 nitrogen and oxygen atoms in total. The number of carbonyl (C=O) groups excluding carboxylic acids is 1. The first kappa shape index (κ1) is 15.7. The SMILES string of the molecule is CCCOCCCNC(=O)N(C)CCC(=O)O. The van der Waals surface area contributed by atoms with Gasteiger partial charge < -0.3 is 20.1 Å². The van der Waals surface area contributed by atoms with Crippen LogP contribution in [0.25, 0.3) is 0 Å². The van der Waals surface area contributed by atoms with E-state index < -0.39 is 5.97 Å². The average Bonchev–Trinajstić information content (AvgIpc) is 2.30. The van der Waals surface area contributed by atoms with Crippen molar-refractivity contribution in [3.8, 4) is 0 Å². The van der Waals surface area contributed by atoms with Gasteiger partial charge in [0.25, 0.3) is 0 Å². The molecule has 0 aliphatic rings. The Bertz CT molecular complexity index is 234. The highest BCUT2D eigenvalue weighted by molar-refractivity contribution is 5.74. The molecule has 0 atom stereocenters.